The van der Waals surface area contributed by atoms with Crippen LogP contribution in [0, 0.1) is 0 Å². The summed E-state index contributed by atoms with van der Waals surface area (Å²) in [4.78, 5) is 27.7. The van der Waals surface area contributed by atoms with Crippen LogP contribution in [0.25, 0.3) is 0 Å². The van der Waals surface area contributed by atoms with E-state index in [0.717, 1.165) is 12.8 Å². The maximum Gasteiger partial charge on any atom is 0.410 e. The molecule has 0 aromatic carbocycles. The van der Waals surface area contributed by atoms with E-state index in [4.69, 9.17) is 9.47 Å². The molecule has 0 fully saturated rings. The Labute approximate surface area is 131 Å². The Balaban J connectivity index is 2.20. The molecule has 2 heterocycles. The molecule has 2 amide bonds. The third-order valence-electron chi connectivity index (χ3n) is 3.81. The standard InChI is InChI=1S/C16H24N2O4/c1-3-21-15(19)17-11-7-5-9-13(17)14-10-6-8-12-18(14)16(20)22-4-2/h5-6,9-10,13-14H,3-4,7-8,11-12H2,1-2H3. The molecule has 6 nitrogen and oxygen atoms in total. The van der Waals surface area contributed by atoms with Crippen LogP contribution in [0.15, 0.2) is 24.3 Å². The van der Waals surface area contributed by atoms with E-state index in [0.29, 0.717) is 26.3 Å². The Morgan fingerprint density at radius 2 is 1.32 bits per heavy atom. The molecule has 0 aromatic rings. The van der Waals surface area contributed by atoms with Gasteiger partial charge in [-0.3, -0.25) is 9.80 Å². The van der Waals surface area contributed by atoms with Gasteiger partial charge in [-0.15, -0.1) is 0 Å². The van der Waals surface area contributed by atoms with Crippen LogP contribution in [0.3, 0.4) is 0 Å². The average molecular weight is 308 g/mol. The summed E-state index contributed by atoms with van der Waals surface area (Å²) >= 11 is 0. The highest BCUT2D eigenvalue weighted by Crippen LogP contribution is 2.23. The summed E-state index contributed by atoms with van der Waals surface area (Å²) in [7, 11) is 0. The molecule has 0 N–H and O–H groups in total. The van der Waals surface area contributed by atoms with Crippen molar-refractivity contribution in [3.05, 3.63) is 24.3 Å². The second kappa shape index (κ2) is 7.87. The van der Waals surface area contributed by atoms with Crippen LogP contribution < -0.4 is 0 Å². The zero-order valence-corrected chi connectivity index (χ0v) is 13.2. The number of amides is 2. The first kappa shape index (κ1) is 16.4. The van der Waals surface area contributed by atoms with E-state index in [-0.39, 0.29) is 24.3 Å². The summed E-state index contributed by atoms with van der Waals surface area (Å²) in [6.45, 7) is 5.46. The van der Waals surface area contributed by atoms with E-state index in [9.17, 15) is 9.59 Å². The normalized spacial score (nSPS) is 24.3. The number of carbonyl (C=O) groups excluding carboxylic acids is 2. The molecule has 0 spiro atoms. The van der Waals surface area contributed by atoms with Crippen molar-refractivity contribution in [2.75, 3.05) is 26.3 Å². The summed E-state index contributed by atoms with van der Waals surface area (Å²) in [6, 6.07) is -0.428. The lowest BCUT2D eigenvalue weighted by molar-refractivity contribution is 0.0604. The molecule has 0 aromatic heterocycles. The molecule has 0 aliphatic carbocycles. The number of nitrogens with zero attached hydrogens (tertiary/aromatic N) is 2. The van der Waals surface area contributed by atoms with Crippen LogP contribution in [0.2, 0.25) is 0 Å². The predicted octanol–water partition coefficient (Wildman–Crippen LogP) is 2.56. The summed E-state index contributed by atoms with van der Waals surface area (Å²) < 4.78 is 10.3. The predicted molar refractivity (Wildman–Crippen MR) is 82.5 cm³/mol. The molecule has 6 heteroatoms. The van der Waals surface area contributed by atoms with Gasteiger partial charge in [0.25, 0.3) is 0 Å². The zero-order valence-electron chi connectivity index (χ0n) is 13.2. The van der Waals surface area contributed by atoms with E-state index in [2.05, 4.69) is 0 Å². The second-order valence-corrected chi connectivity index (χ2v) is 5.20. The topological polar surface area (TPSA) is 59.1 Å². The molecule has 22 heavy (non-hydrogen) atoms. The van der Waals surface area contributed by atoms with Gasteiger partial charge in [0.1, 0.15) is 0 Å². The molecule has 2 rings (SSSR count). The SMILES string of the molecule is CCOC(=O)N1CCC=CC1C1C=CCCN1C(=O)OCC. The van der Waals surface area contributed by atoms with Crippen molar-refractivity contribution in [2.24, 2.45) is 0 Å². The maximum atomic E-state index is 12.2. The van der Waals surface area contributed by atoms with Gasteiger partial charge in [-0.2, -0.15) is 0 Å². The summed E-state index contributed by atoms with van der Waals surface area (Å²) in [6.07, 6.45) is 8.98. The molecule has 0 bridgehead atoms. The minimum Gasteiger partial charge on any atom is -0.450 e. The summed E-state index contributed by atoms with van der Waals surface area (Å²) in [5.74, 6) is 0. The third kappa shape index (κ3) is 3.61. The van der Waals surface area contributed by atoms with Crippen LogP contribution in [-0.4, -0.2) is 60.4 Å². The molecule has 2 aliphatic rings. The fourth-order valence-corrected chi connectivity index (χ4v) is 2.84. The Hall–Kier alpha value is -1.98. The van der Waals surface area contributed by atoms with Gasteiger partial charge in [-0.1, -0.05) is 24.3 Å². The first-order chi connectivity index (χ1) is 10.7. The zero-order chi connectivity index (χ0) is 15.9. The van der Waals surface area contributed by atoms with Gasteiger partial charge in [0, 0.05) is 13.1 Å². The third-order valence-corrected chi connectivity index (χ3v) is 3.81. The van der Waals surface area contributed by atoms with Gasteiger partial charge in [-0.05, 0) is 26.7 Å². The van der Waals surface area contributed by atoms with E-state index < -0.39 is 0 Å². The summed E-state index contributed by atoms with van der Waals surface area (Å²) in [5.41, 5.74) is 0. The van der Waals surface area contributed by atoms with Gasteiger partial charge in [0.15, 0.2) is 0 Å². The van der Waals surface area contributed by atoms with Gasteiger partial charge >= 0.3 is 12.2 Å². The van der Waals surface area contributed by atoms with Crippen molar-refractivity contribution in [3.8, 4) is 0 Å². The van der Waals surface area contributed by atoms with Gasteiger partial charge in [-0.25, -0.2) is 9.59 Å². The molecular weight excluding hydrogens is 284 g/mol. The number of hydrogen-bond acceptors (Lipinski definition) is 4. The Morgan fingerprint density at radius 3 is 1.68 bits per heavy atom. The van der Waals surface area contributed by atoms with Crippen LogP contribution >= 0.6 is 0 Å². The molecule has 0 saturated carbocycles. The number of carbonyl (C=O) groups is 2. The lowest BCUT2D eigenvalue weighted by atomic mass is 9.98. The Bertz CT molecular complexity index is 419. The number of ether oxygens (including phenoxy) is 2. The highest BCUT2D eigenvalue weighted by molar-refractivity contribution is 5.71. The monoisotopic (exact) mass is 308 g/mol. The maximum absolute atomic E-state index is 12.2. The smallest absolute Gasteiger partial charge is 0.410 e. The lowest BCUT2D eigenvalue weighted by Gasteiger charge is -2.41. The minimum absolute atomic E-state index is 0.214. The first-order valence-electron chi connectivity index (χ1n) is 7.89. The number of rotatable bonds is 3. The molecule has 2 unspecified atom stereocenters. The largest absolute Gasteiger partial charge is 0.450 e. The lowest BCUT2D eigenvalue weighted by Crippen LogP contribution is -2.56. The molecule has 2 aliphatic heterocycles. The molecule has 0 saturated heterocycles. The molecular formula is C16H24N2O4. The minimum atomic E-state index is -0.334. The van der Waals surface area contributed by atoms with Crippen molar-refractivity contribution < 1.29 is 19.1 Å². The van der Waals surface area contributed by atoms with E-state index in [1.807, 2.05) is 24.3 Å². The van der Waals surface area contributed by atoms with Gasteiger partial charge in [0.2, 0.25) is 0 Å². The molecule has 0 radical (unpaired) electrons. The van der Waals surface area contributed by atoms with E-state index >= 15 is 0 Å². The van der Waals surface area contributed by atoms with Crippen molar-refractivity contribution in [1.29, 1.82) is 0 Å². The van der Waals surface area contributed by atoms with Crippen LogP contribution in [0.4, 0.5) is 9.59 Å². The molecule has 122 valence electrons. The first-order valence-corrected chi connectivity index (χ1v) is 7.89. The Kier molecular flexibility index (Phi) is 5.86. The summed E-state index contributed by atoms with van der Waals surface area (Å²) in [5, 5.41) is 0. The van der Waals surface area contributed by atoms with Gasteiger partial charge < -0.3 is 9.47 Å². The van der Waals surface area contributed by atoms with Crippen LogP contribution in [0.5, 0.6) is 0 Å². The van der Waals surface area contributed by atoms with E-state index in [1.54, 1.807) is 23.6 Å². The number of hydrogen-bond donors (Lipinski definition) is 0. The van der Waals surface area contributed by atoms with Crippen molar-refractivity contribution in [2.45, 2.75) is 38.8 Å². The highest BCUT2D eigenvalue weighted by Gasteiger charge is 2.36. The van der Waals surface area contributed by atoms with Gasteiger partial charge in [0.05, 0.1) is 25.3 Å². The molecule has 2 atom stereocenters. The van der Waals surface area contributed by atoms with Crippen LogP contribution in [-0.2, 0) is 9.47 Å². The van der Waals surface area contributed by atoms with Crippen molar-refractivity contribution in [3.63, 3.8) is 0 Å². The Morgan fingerprint density at radius 1 is 0.909 bits per heavy atom. The quantitative estimate of drug-likeness (QED) is 0.752. The fourth-order valence-electron chi connectivity index (χ4n) is 2.84. The highest BCUT2D eigenvalue weighted by atomic mass is 16.6. The van der Waals surface area contributed by atoms with Crippen molar-refractivity contribution in [1.82, 2.24) is 9.80 Å². The second-order valence-electron chi connectivity index (χ2n) is 5.20. The van der Waals surface area contributed by atoms with Crippen molar-refractivity contribution >= 4 is 12.2 Å². The van der Waals surface area contributed by atoms with Crippen LogP contribution in [0.1, 0.15) is 26.7 Å². The van der Waals surface area contributed by atoms with E-state index in [1.165, 1.54) is 0 Å². The average Bonchev–Trinajstić information content (AvgIpc) is 2.55. The fraction of sp³-hybridized carbons (Fsp3) is 0.625.